The Morgan fingerprint density at radius 3 is 2.70 bits per heavy atom. The van der Waals surface area contributed by atoms with Crippen molar-refractivity contribution in [1.29, 1.82) is 0 Å². The van der Waals surface area contributed by atoms with Crippen LogP contribution in [0.4, 0.5) is 0 Å². The lowest BCUT2D eigenvalue weighted by atomic mass is 10.2. The van der Waals surface area contributed by atoms with Gasteiger partial charge in [0, 0.05) is 11.0 Å². The molecule has 0 saturated heterocycles. The number of rotatable bonds is 3. The zero-order chi connectivity index (χ0) is 10.6. The molecule has 4 nitrogen and oxygen atoms in total. The maximum Gasteiger partial charge on any atom is 0.326 e. The van der Waals surface area contributed by atoms with Crippen LogP contribution in [0.2, 0.25) is 0 Å². The molecule has 4 heteroatoms. The number of hydrogen-bond donors (Lipinski definition) is 2. The van der Waals surface area contributed by atoms with Gasteiger partial charge in [-0.3, -0.25) is 4.79 Å². The van der Waals surface area contributed by atoms with E-state index in [1.807, 2.05) is 5.32 Å². The Morgan fingerprint density at radius 2 is 2.40 bits per heavy atom. The molecule has 2 N–H and O–H groups in total. The minimum absolute atomic E-state index is 0.559. The molecule has 0 aliphatic heterocycles. The van der Waals surface area contributed by atoms with E-state index in [-0.39, 0.29) is 0 Å². The normalized spacial score (nSPS) is 17.9. The van der Waals surface area contributed by atoms with Crippen molar-refractivity contribution in [1.82, 2.24) is 5.32 Å². The molecule has 10 heavy (non-hydrogen) atoms. The van der Waals surface area contributed by atoms with Gasteiger partial charge in [0.05, 0.1) is 0 Å². The summed E-state index contributed by atoms with van der Waals surface area (Å²) in [6.07, 6.45) is -0.568. The van der Waals surface area contributed by atoms with Crippen molar-refractivity contribution >= 4 is 11.9 Å². The van der Waals surface area contributed by atoms with Gasteiger partial charge in [-0.1, -0.05) is 6.85 Å². The highest BCUT2D eigenvalue weighted by Crippen LogP contribution is 1.89. The summed E-state index contributed by atoms with van der Waals surface area (Å²) < 4.78 is 20.5. The predicted octanol–water partition coefficient (Wildman–Crippen LogP) is -0.0143. The molecule has 0 saturated carbocycles. The van der Waals surface area contributed by atoms with Crippen molar-refractivity contribution in [2.75, 3.05) is 0 Å². The molecule has 0 aromatic heterocycles. The largest absolute Gasteiger partial charge is 0.480 e. The fourth-order valence-corrected chi connectivity index (χ4v) is 0.445. The van der Waals surface area contributed by atoms with Crippen molar-refractivity contribution in [3.8, 4) is 0 Å². The lowest BCUT2D eigenvalue weighted by Crippen LogP contribution is -2.38. The molecule has 0 heterocycles. The first-order valence-electron chi connectivity index (χ1n) is 4.22. The summed E-state index contributed by atoms with van der Waals surface area (Å²) in [5, 5.41) is 10.6. The van der Waals surface area contributed by atoms with Crippen molar-refractivity contribution in [3.05, 3.63) is 0 Å². The lowest BCUT2D eigenvalue weighted by molar-refractivity contribution is -0.141. The first-order valence-corrected chi connectivity index (χ1v) is 2.72. The van der Waals surface area contributed by atoms with Gasteiger partial charge < -0.3 is 10.4 Å². The predicted molar refractivity (Wildman–Crippen MR) is 35.5 cm³/mol. The molecular weight excluding hydrogens is 134 g/mol. The standard InChI is InChI=1S/C6H11NO3/c1-3-5(6(9)10)7-4(2)8/h5H,3H2,1-2H3,(H,7,8)(H,9,10)/t5-/m1/s1/i1D3. The summed E-state index contributed by atoms with van der Waals surface area (Å²) in [5.41, 5.74) is 0. The molecule has 0 aliphatic carbocycles. The van der Waals surface area contributed by atoms with Crippen molar-refractivity contribution < 1.29 is 18.8 Å². The van der Waals surface area contributed by atoms with E-state index in [0.717, 1.165) is 6.92 Å². The smallest absolute Gasteiger partial charge is 0.326 e. The number of amides is 1. The number of carboxylic acid groups (broad SMARTS) is 1. The number of carbonyl (C=O) groups excluding carboxylic acids is 1. The second kappa shape index (κ2) is 3.87. The molecule has 0 radical (unpaired) electrons. The summed E-state index contributed by atoms with van der Waals surface area (Å²) in [7, 11) is 0. The summed E-state index contributed by atoms with van der Waals surface area (Å²) in [5.74, 6) is -1.90. The summed E-state index contributed by atoms with van der Waals surface area (Å²) >= 11 is 0. The fourth-order valence-electron chi connectivity index (χ4n) is 0.445. The van der Waals surface area contributed by atoms with E-state index in [1.54, 1.807) is 0 Å². The number of nitrogens with one attached hydrogen (secondary N) is 1. The molecule has 58 valence electrons. The lowest BCUT2D eigenvalue weighted by Gasteiger charge is -2.08. The van der Waals surface area contributed by atoms with Gasteiger partial charge in [0.1, 0.15) is 6.04 Å². The quantitative estimate of drug-likeness (QED) is 0.591. The second-order valence-corrected chi connectivity index (χ2v) is 1.80. The summed E-state index contributed by atoms with van der Waals surface area (Å²) in [6, 6.07) is -1.34. The van der Waals surface area contributed by atoms with Crippen LogP contribution in [0, 0.1) is 0 Å². The second-order valence-electron chi connectivity index (χ2n) is 1.80. The van der Waals surface area contributed by atoms with Gasteiger partial charge in [-0.2, -0.15) is 0 Å². The van der Waals surface area contributed by atoms with Crippen LogP contribution in [-0.2, 0) is 9.59 Å². The molecule has 0 spiro atoms. The first-order chi connectivity index (χ1) is 5.72. The minimum Gasteiger partial charge on any atom is -0.480 e. The highest BCUT2D eigenvalue weighted by molar-refractivity contribution is 5.81. The zero-order valence-corrected chi connectivity index (χ0v) is 5.55. The van der Waals surface area contributed by atoms with Crippen molar-refractivity contribution in [2.24, 2.45) is 0 Å². The van der Waals surface area contributed by atoms with Crippen LogP contribution in [0.3, 0.4) is 0 Å². The first kappa shape index (κ1) is 4.71. The average Bonchev–Trinajstić information content (AvgIpc) is 1.81. The van der Waals surface area contributed by atoms with E-state index in [9.17, 15) is 9.59 Å². The molecule has 1 amide bonds. The number of hydrogen-bond acceptors (Lipinski definition) is 2. The van der Waals surface area contributed by atoms with Crippen LogP contribution >= 0.6 is 0 Å². The molecule has 0 unspecified atom stereocenters. The Morgan fingerprint density at radius 1 is 1.80 bits per heavy atom. The van der Waals surface area contributed by atoms with E-state index in [4.69, 9.17) is 9.22 Å². The molecule has 0 aliphatic rings. The maximum atomic E-state index is 10.5. The van der Waals surface area contributed by atoms with Gasteiger partial charge >= 0.3 is 5.97 Å². The van der Waals surface area contributed by atoms with Crippen LogP contribution in [0.15, 0.2) is 0 Å². The van der Waals surface area contributed by atoms with Crippen molar-refractivity contribution in [2.45, 2.75) is 26.2 Å². The SMILES string of the molecule is [2H]C([2H])([2H])C[C@@H](NC(C)=O)C(=O)O. The Balaban J connectivity index is 4.27. The van der Waals surface area contributed by atoms with Crippen LogP contribution < -0.4 is 5.32 Å². The van der Waals surface area contributed by atoms with Crippen LogP contribution in [0.25, 0.3) is 0 Å². The summed E-state index contributed by atoms with van der Waals surface area (Å²) in [4.78, 5) is 20.9. The topological polar surface area (TPSA) is 66.4 Å². The molecule has 0 fully saturated rings. The number of carboxylic acids is 1. The van der Waals surface area contributed by atoms with Gasteiger partial charge in [0.15, 0.2) is 0 Å². The van der Waals surface area contributed by atoms with E-state index in [0.29, 0.717) is 0 Å². The minimum atomic E-state index is -2.36. The summed E-state index contributed by atoms with van der Waals surface area (Å²) in [6.45, 7) is -1.22. The van der Waals surface area contributed by atoms with Crippen LogP contribution in [-0.4, -0.2) is 23.0 Å². The van der Waals surface area contributed by atoms with E-state index >= 15 is 0 Å². The number of aliphatic carboxylic acids is 1. The third kappa shape index (κ3) is 3.06. The van der Waals surface area contributed by atoms with Crippen LogP contribution in [0.1, 0.15) is 24.3 Å². The monoisotopic (exact) mass is 148 g/mol. The van der Waals surface area contributed by atoms with E-state index < -0.39 is 31.2 Å². The van der Waals surface area contributed by atoms with Gasteiger partial charge in [0.25, 0.3) is 0 Å². The Labute approximate surface area is 63.4 Å². The Kier molecular flexibility index (Phi) is 1.82. The molecule has 0 aromatic carbocycles. The zero-order valence-electron chi connectivity index (χ0n) is 8.55. The molecule has 1 atom stereocenters. The van der Waals surface area contributed by atoms with Gasteiger partial charge in [-0.25, -0.2) is 4.79 Å². The third-order valence-corrected chi connectivity index (χ3v) is 0.880. The van der Waals surface area contributed by atoms with Gasteiger partial charge in [0.2, 0.25) is 5.91 Å². The van der Waals surface area contributed by atoms with E-state index in [2.05, 4.69) is 0 Å². The Hall–Kier alpha value is -1.06. The maximum absolute atomic E-state index is 10.5. The van der Waals surface area contributed by atoms with E-state index in [1.165, 1.54) is 0 Å². The molecule has 0 bridgehead atoms. The Bertz CT molecular complexity index is 214. The van der Waals surface area contributed by atoms with Crippen LogP contribution in [0.5, 0.6) is 0 Å². The average molecular weight is 148 g/mol. The molecular formula is C6H11NO3. The third-order valence-electron chi connectivity index (χ3n) is 0.880. The molecule has 0 aromatic rings. The highest BCUT2D eigenvalue weighted by Gasteiger charge is 2.14. The van der Waals surface area contributed by atoms with Gasteiger partial charge in [-0.05, 0) is 6.42 Å². The molecule has 0 rings (SSSR count). The number of carbonyl (C=O) groups is 2. The fraction of sp³-hybridized carbons (Fsp3) is 0.667. The van der Waals surface area contributed by atoms with Gasteiger partial charge in [-0.15, -0.1) is 0 Å². The highest BCUT2D eigenvalue weighted by atomic mass is 16.4. The van der Waals surface area contributed by atoms with Crippen molar-refractivity contribution in [3.63, 3.8) is 0 Å².